The predicted molar refractivity (Wildman–Crippen MR) is 171 cm³/mol. The average molecular weight is 614 g/mol. The lowest BCUT2D eigenvalue weighted by Crippen LogP contribution is -2.43. The molecule has 0 N–H and O–H groups in total. The van der Waals surface area contributed by atoms with Crippen LogP contribution < -0.4 is 24.4 Å². The number of hydrogen-bond donors (Lipinski definition) is 0. The van der Waals surface area contributed by atoms with Gasteiger partial charge in [-0.2, -0.15) is 0 Å². The summed E-state index contributed by atoms with van der Waals surface area (Å²) < 4.78 is 18.6. The summed E-state index contributed by atoms with van der Waals surface area (Å²) in [6.07, 6.45) is 1.73. The van der Waals surface area contributed by atoms with Gasteiger partial charge in [0.25, 0.3) is 11.5 Å². The molecule has 1 aliphatic rings. The first-order valence-electron chi connectivity index (χ1n) is 14.6. The molecule has 0 saturated heterocycles. The number of amides is 1. The number of thiazole rings is 1. The predicted octanol–water partition coefficient (Wildman–Crippen LogP) is 4.21. The van der Waals surface area contributed by atoms with Gasteiger partial charge >= 0.3 is 5.97 Å². The van der Waals surface area contributed by atoms with Gasteiger partial charge in [0.2, 0.25) is 0 Å². The Kier molecular flexibility index (Phi) is 9.29. The Balaban J connectivity index is 1.75. The monoisotopic (exact) mass is 613 g/mol. The van der Waals surface area contributed by atoms with Crippen molar-refractivity contribution in [2.24, 2.45) is 4.99 Å². The van der Waals surface area contributed by atoms with Gasteiger partial charge in [0, 0.05) is 24.2 Å². The Hall–Kier alpha value is -4.70. The molecule has 0 unspecified atom stereocenters. The average Bonchev–Trinajstić information content (AvgIpc) is 3.33. The lowest BCUT2D eigenvalue weighted by molar-refractivity contribution is -0.145. The van der Waals surface area contributed by atoms with Gasteiger partial charge in [-0.3, -0.25) is 14.2 Å². The second-order valence-electron chi connectivity index (χ2n) is 10.1. The largest absolute Gasteiger partial charge is 0.496 e. The maximum atomic E-state index is 14.4. The fourth-order valence-corrected chi connectivity index (χ4v) is 6.53. The van der Waals surface area contributed by atoms with Gasteiger partial charge in [0.15, 0.2) is 11.4 Å². The first-order chi connectivity index (χ1) is 21.3. The Bertz CT molecular complexity index is 1940. The molecule has 0 radical (unpaired) electrons. The number of allylic oxidation sites excluding steroid dienone is 1. The molecule has 0 saturated carbocycles. The third kappa shape index (κ3) is 5.77. The molecule has 0 aliphatic carbocycles. The van der Waals surface area contributed by atoms with E-state index in [1.165, 1.54) is 11.3 Å². The summed E-state index contributed by atoms with van der Waals surface area (Å²) in [4.78, 5) is 47.4. The molecule has 4 aromatic rings. The summed E-state index contributed by atoms with van der Waals surface area (Å²) in [6.45, 7) is 8.44. The van der Waals surface area contributed by atoms with E-state index in [9.17, 15) is 14.4 Å². The topological polar surface area (TPSA) is 99.4 Å². The molecule has 1 aliphatic heterocycles. The SMILES string of the molecule is CCOC(=O)COc1ccccc1/C=c1/sc2n(c1=O)[C@H](c1c(OC)ccc3ccccc13)C(C(=O)N(CC)CC)=C(C)N=2. The number of hydrogen-bond acceptors (Lipinski definition) is 8. The van der Waals surface area contributed by atoms with Gasteiger partial charge in [-0.15, -0.1) is 0 Å². The van der Waals surface area contributed by atoms with Crippen LogP contribution in [0.5, 0.6) is 11.5 Å². The van der Waals surface area contributed by atoms with Gasteiger partial charge in [-0.05, 0) is 56.7 Å². The zero-order valence-electron chi connectivity index (χ0n) is 25.5. The molecule has 228 valence electrons. The van der Waals surface area contributed by atoms with Crippen LogP contribution in [0.3, 0.4) is 0 Å². The van der Waals surface area contributed by atoms with E-state index in [1.54, 1.807) is 41.7 Å². The van der Waals surface area contributed by atoms with Crippen LogP contribution in [0, 0.1) is 0 Å². The van der Waals surface area contributed by atoms with Crippen molar-refractivity contribution in [2.75, 3.05) is 33.4 Å². The summed E-state index contributed by atoms with van der Waals surface area (Å²) in [5, 5.41) is 1.84. The molecule has 1 atom stereocenters. The van der Waals surface area contributed by atoms with E-state index in [2.05, 4.69) is 0 Å². The Morgan fingerprint density at radius 1 is 1.00 bits per heavy atom. The summed E-state index contributed by atoms with van der Waals surface area (Å²) in [5.74, 6) is 0.350. The highest BCUT2D eigenvalue weighted by molar-refractivity contribution is 7.07. The van der Waals surface area contributed by atoms with Crippen LogP contribution in [-0.2, 0) is 14.3 Å². The van der Waals surface area contributed by atoms with Crippen LogP contribution in [-0.4, -0.2) is 54.8 Å². The van der Waals surface area contributed by atoms with E-state index in [0.29, 0.717) is 50.8 Å². The molecule has 44 heavy (non-hydrogen) atoms. The lowest BCUT2D eigenvalue weighted by Gasteiger charge is -2.30. The Morgan fingerprint density at radius 2 is 1.73 bits per heavy atom. The van der Waals surface area contributed by atoms with Crippen molar-refractivity contribution >= 4 is 40.1 Å². The first kappa shape index (κ1) is 30.7. The normalized spacial score (nSPS) is 14.7. The van der Waals surface area contributed by atoms with Crippen molar-refractivity contribution < 1.29 is 23.8 Å². The van der Waals surface area contributed by atoms with Crippen molar-refractivity contribution in [1.82, 2.24) is 9.47 Å². The first-order valence-corrected chi connectivity index (χ1v) is 15.4. The van der Waals surface area contributed by atoms with Crippen LogP contribution in [0.15, 0.2) is 81.7 Å². The number of rotatable bonds is 10. The van der Waals surface area contributed by atoms with E-state index >= 15 is 0 Å². The van der Waals surface area contributed by atoms with Gasteiger partial charge in [-0.1, -0.05) is 59.9 Å². The molecule has 1 amide bonds. The van der Waals surface area contributed by atoms with Gasteiger partial charge in [-0.25, -0.2) is 9.79 Å². The van der Waals surface area contributed by atoms with Crippen molar-refractivity contribution in [2.45, 2.75) is 33.7 Å². The molecule has 1 aromatic heterocycles. The molecule has 5 rings (SSSR count). The number of esters is 1. The number of ether oxygens (including phenoxy) is 3. The van der Waals surface area contributed by atoms with Gasteiger partial charge < -0.3 is 19.1 Å². The smallest absolute Gasteiger partial charge is 0.344 e. The van der Waals surface area contributed by atoms with Crippen molar-refractivity contribution in [1.29, 1.82) is 0 Å². The number of carbonyl (C=O) groups is 2. The van der Waals surface area contributed by atoms with E-state index in [-0.39, 0.29) is 24.7 Å². The number of carbonyl (C=O) groups excluding carboxylic acids is 2. The number of methoxy groups -OCH3 is 1. The number of aromatic nitrogens is 1. The highest BCUT2D eigenvalue weighted by Gasteiger charge is 2.36. The number of likely N-dealkylation sites (N-methyl/N-ethyl adjacent to an activating group) is 1. The zero-order valence-corrected chi connectivity index (χ0v) is 26.3. The van der Waals surface area contributed by atoms with E-state index in [4.69, 9.17) is 19.2 Å². The number of nitrogens with zero attached hydrogens (tertiary/aromatic N) is 3. The maximum absolute atomic E-state index is 14.4. The molecule has 0 bridgehead atoms. The van der Waals surface area contributed by atoms with Crippen LogP contribution in [0.2, 0.25) is 0 Å². The van der Waals surface area contributed by atoms with Crippen molar-refractivity contribution in [3.8, 4) is 11.5 Å². The molecule has 9 nitrogen and oxygen atoms in total. The van der Waals surface area contributed by atoms with Crippen LogP contribution in [0.1, 0.15) is 44.9 Å². The van der Waals surface area contributed by atoms with Crippen molar-refractivity contribution in [3.63, 3.8) is 0 Å². The van der Waals surface area contributed by atoms with Crippen LogP contribution >= 0.6 is 11.3 Å². The minimum absolute atomic E-state index is 0.178. The molecular weight excluding hydrogens is 578 g/mol. The summed E-state index contributed by atoms with van der Waals surface area (Å²) in [5.41, 5.74) is 2.03. The number of para-hydroxylation sites is 1. The second-order valence-corrected chi connectivity index (χ2v) is 11.1. The van der Waals surface area contributed by atoms with Crippen molar-refractivity contribution in [3.05, 3.63) is 103 Å². The summed E-state index contributed by atoms with van der Waals surface area (Å²) >= 11 is 1.23. The minimum atomic E-state index is -0.780. The summed E-state index contributed by atoms with van der Waals surface area (Å²) in [6, 6.07) is 18.1. The molecular formula is C34H35N3O6S. The third-order valence-corrected chi connectivity index (χ3v) is 8.57. The Labute approximate surface area is 259 Å². The van der Waals surface area contributed by atoms with E-state index in [0.717, 1.165) is 16.3 Å². The van der Waals surface area contributed by atoms with Crippen LogP contribution in [0.4, 0.5) is 0 Å². The third-order valence-electron chi connectivity index (χ3n) is 7.58. The van der Waals surface area contributed by atoms with Gasteiger partial charge in [0.05, 0.1) is 29.5 Å². The van der Waals surface area contributed by atoms with E-state index in [1.807, 2.05) is 69.3 Å². The lowest BCUT2D eigenvalue weighted by atomic mass is 9.90. The highest BCUT2D eigenvalue weighted by Crippen LogP contribution is 2.40. The standard InChI is InChI=1S/C34H35N3O6S/c1-6-36(7-2)33(40)29-21(4)35-34-37(31(29)30-24-15-11-9-13-22(24)17-18-26(30)41-5)32(39)27(44-34)19-23-14-10-12-16-25(23)43-20-28(38)42-8-3/h9-19,31H,6-8,20H2,1-5H3/b27-19+/t31-/m0/s1. The fourth-order valence-electron chi connectivity index (χ4n) is 5.50. The number of benzene rings is 3. The quantitative estimate of drug-likeness (QED) is 0.249. The molecule has 2 heterocycles. The highest BCUT2D eigenvalue weighted by atomic mass is 32.1. The maximum Gasteiger partial charge on any atom is 0.344 e. The number of fused-ring (bicyclic) bond motifs is 2. The van der Waals surface area contributed by atoms with Crippen LogP contribution in [0.25, 0.3) is 16.8 Å². The minimum Gasteiger partial charge on any atom is -0.496 e. The molecule has 0 spiro atoms. The molecule has 3 aromatic carbocycles. The fraction of sp³-hybridized carbons (Fsp3) is 0.294. The second kappa shape index (κ2) is 13.3. The molecule has 0 fully saturated rings. The molecule has 10 heteroatoms. The van der Waals surface area contributed by atoms with E-state index < -0.39 is 12.0 Å². The van der Waals surface area contributed by atoms with Gasteiger partial charge in [0.1, 0.15) is 17.5 Å². The Morgan fingerprint density at radius 3 is 2.45 bits per heavy atom. The zero-order chi connectivity index (χ0) is 31.4. The summed E-state index contributed by atoms with van der Waals surface area (Å²) in [7, 11) is 1.59.